The molecule has 0 saturated heterocycles. The van der Waals surface area contributed by atoms with E-state index in [0.717, 1.165) is 0 Å². The smallest absolute Gasteiger partial charge is 0.234 e. The Hall–Kier alpha value is -1.10. The van der Waals surface area contributed by atoms with E-state index in [2.05, 4.69) is 29.8 Å². The van der Waals surface area contributed by atoms with Gasteiger partial charge in [-0.3, -0.25) is 9.59 Å². The summed E-state index contributed by atoms with van der Waals surface area (Å²) in [5.41, 5.74) is 0. The summed E-state index contributed by atoms with van der Waals surface area (Å²) >= 11 is 0. The Morgan fingerprint density at radius 3 is 2.25 bits per heavy atom. The van der Waals surface area contributed by atoms with Gasteiger partial charge in [-0.05, 0) is 12.8 Å². The zero-order chi connectivity index (χ0) is 12.6. The van der Waals surface area contributed by atoms with Crippen molar-refractivity contribution < 1.29 is 9.59 Å². The lowest BCUT2D eigenvalue weighted by Gasteiger charge is -2.17. The highest BCUT2D eigenvalue weighted by Gasteiger charge is 2.09. The lowest BCUT2D eigenvalue weighted by Crippen LogP contribution is -2.42. The molecule has 0 aromatic heterocycles. The van der Waals surface area contributed by atoms with E-state index in [1.165, 1.54) is 6.92 Å². The molecule has 94 valence electrons. The Kier molecular flexibility index (Phi) is 7.54. The van der Waals surface area contributed by atoms with Gasteiger partial charge in [-0.2, -0.15) is 0 Å². The molecule has 0 radical (unpaired) electrons. The summed E-state index contributed by atoms with van der Waals surface area (Å²) < 4.78 is 0. The molecular formula is C11H23N3O2. The molecule has 5 heteroatoms. The summed E-state index contributed by atoms with van der Waals surface area (Å²) in [5.74, 6) is 0.368. The fraction of sp³-hybridized carbons (Fsp3) is 0.818. The quantitative estimate of drug-likeness (QED) is 0.533. The Morgan fingerprint density at radius 2 is 1.75 bits per heavy atom. The fourth-order valence-corrected chi connectivity index (χ4v) is 1.00. The Bertz CT molecular complexity index is 229. The molecule has 16 heavy (non-hydrogen) atoms. The normalized spacial score (nSPS) is 12.3. The van der Waals surface area contributed by atoms with E-state index in [9.17, 15) is 9.59 Å². The maximum atomic E-state index is 11.4. The second kappa shape index (κ2) is 8.10. The second-order valence-electron chi connectivity index (χ2n) is 4.26. The van der Waals surface area contributed by atoms with E-state index in [4.69, 9.17) is 0 Å². The van der Waals surface area contributed by atoms with Crippen LogP contribution in [0.4, 0.5) is 0 Å². The number of nitrogens with one attached hydrogen (secondary N) is 3. The molecule has 0 heterocycles. The van der Waals surface area contributed by atoms with Crippen molar-refractivity contribution in [2.24, 2.45) is 5.92 Å². The van der Waals surface area contributed by atoms with Crippen LogP contribution in [0.15, 0.2) is 0 Å². The average molecular weight is 229 g/mol. The monoisotopic (exact) mass is 229 g/mol. The van der Waals surface area contributed by atoms with Crippen LogP contribution in [0.25, 0.3) is 0 Å². The molecule has 0 rings (SSSR count). The van der Waals surface area contributed by atoms with Crippen LogP contribution in [0.2, 0.25) is 0 Å². The third-order valence-corrected chi connectivity index (χ3v) is 2.35. The van der Waals surface area contributed by atoms with E-state index < -0.39 is 0 Å². The first kappa shape index (κ1) is 14.9. The number of carbonyl (C=O) groups is 2. The highest BCUT2D eigenvalue weighted by atomic mass is 16.2. The van der Waals surface area contributed by atoms with Gasteiger partial charge < -0.3 is 16.0 Å². The van der Waals surface area contributed by atoms with Crippen LogP contribution in [-0.4, -0.2) is 37.5 Å². The first-order valence-electron chi connectivity index (χ1n) is 5.68. The molecule has 0 aliphatic heterocycles. The molecule has 0 saturated carbocycles. The predicted molar refractivity (Wildman–Crippen MR) is 64.0 cm³/mol. The maximum absolute atomic E-state index is 11.4. The molecule has 0 fully saturated rings. The van der Waals surface area contributed by atoms with Crippen LogP contribution in [0.1, 0.15) is 27.7 Å². The summed E-state index contributed by atoms with van der Waals surface area (Å²) in [6.45, 7) is 9.02. The zero-order valence-corrected chi connectivity index (χ0v) is 10.6. The van der Waals surface area contributed by atoms with Crippen molar-refractivity contribution in [3.05, 3.63) is 0 Å². The van der Waals surface area contributed by atoms with Gasteiger partial charge in [0, 0.05) is 26.1 Å². The molecule has 0 aliphatic rings. The van der Waals surface area contributed by atoms with Crippen molar-refractivity contribution in [1.82, 2.24) is 16.0 Å². The number of carbonyl (C=O) groups excluding carboxylic acids is 2. The second-order valence-corrected chi connectivity index (χ2v) is 4.26. The Balaban J connectivity index is 3.47. The van der Waals surface area contributed by atoms with Gasteiger partial charge in [0.1, 0.15) is 0 Å². The molecule has 1 atom stereocenters. The van der Waals surface area contributed by atoms with E-state index in [1.807, 2.05) is 6.92 Å². The van der Waals surface area contributed by atoms with E-state index in [1.54, 1.807) is 0 Å². The largest absolute Gasteiger partial charge is 0.355 e. The molecule has 0 aromatic rings. The van der Waals surface area contributed by atoms with Crippen LogP contribution in [0.5, 0.6) is 0 Å². The van der Waals surface area contributed by atoms with Crippen LogP contribution in [0.3, 0.4) is 0 Å². The first-order valence-corrected chi connectivity index (χ1v) is 5.68. The summed E-state index contributed by atoms with van der Waals surface area (Å²) in [6.07, 6.45) is 0. The van der Waals surface area contributed by atoms with Gasteiger partial charge in [0.25, 0.3) is 0 Å². The zero-order valence-electron chi connectivity index (χ0n) is 10.6. The van der Waals surface area contributed by atoms with Gasteiger partial charge in [0.15, 0.2) is 0 Å². The molecule has 3 N–H and O–H groups in total. The van der Waals surface area contributed by atoms with Gasteiger partial charge in [-0.15, -0.1) is 0 Å². The molecule has 0 spiro atoms. The summed E-state index contributed by atoms with van der Waals surface area (Å²) in [4.78, 5) is 21.9. The highest BCUT2D eigenvalue weighted by Crippen LogP contribution is 1.98. The van der Waals surface area contributed by atoms with Crippen molar-refractivity contribution in [1.29, 1.82) is 0 Å². The van der Waals surface area contributed by atoms with E-state index in [0.29, 0.717) is 19.0 Å². The molecule has 1 unspecified atom stereocenters. The maximum Gasteiger partial charge on any atom is 0.234 e. The van der Waals surface area contributed by atoms with E-state index >= 15 is 0 Å². The minimum atomic E-state index is -0.0559. The van der Waals surface area contributed by atoms with Crippen molar-refractivity contribution >= 4 is 11.8 Å². The molecule has 0 aromatic carbocycles. The summed E-state index contributed by atoms with van der Waals surface area (Å²) in [5, 5.41) is 8.49. The molecule has 2 amide bonds. The summed E-state index contributed by atoms with van der Waals surface area (Å²) in [7, 11) is 0. The molecular weight excluding hydrogens is 206 g/mol. The fourth-order valence-electron chi connectivity index (χ4n) is 1.00. The lowest BCUT2D eigenvalue weighted by atomic mass is 10.1. The minimum Gasteiger partial charge on any atom is -0.355 e. The minimum absolute atomic E-state index is 0.0102. The Labute approximate surface area is 97.4 Å². The van der Waals surface area contributed by atoms with Gasteiger partial charge in [0.05, 0.1) is 6.54 Å². The summed E-state index contributed by atoms with van der Waals surface area (Å²) in [6, 6.07) is 0.185. The van der Waals surface area contributed by atoms with Crippen molar-refractivity contribution in [3.63, 3.8) is 0 Å². The van der Waals surface area contributed by atoms with Gasteiger partial charge in [0.2, 0.25) is 11.8 Å². The third kappa shape index (κ3) is 8.23. The number of hydrogen-bond donors (Lipinski definition) is 3. The van der Waals surface area contributed by atoms with Gasteiger partial charge in [-0.25, -0.2) is 0 Å². The molecule has 5 nitrogen and oxygen atoms in total. The van der Waals surface area contributed by atoms with Gasteiger partial charge in [-0.1, -0.05) is 13.8 Å². The van der Waals surface area contributed by atoms with Crippen LogP contribution in [0, 0.1) is 5.92 Å². The first-order chi connectivity index (χ1) is 7.43. The van der Waals surface area contributed by atoms with Gasteiger partial charge >= 0.3 is 0 Å². The highest BCUT2D eigenvalue weighted by molar-refractivity contribution is 5.78. The number of rotatable bonds is 7. The van der Waals surface area contributed by atoms with Crippen molar-refractivity contribution in [3.8, 4) is 0 Å². The Morgan fingerprint density at radius 1 is 1.12 bits per heavy atom. The van der Waals surface area contributed by atoms with Crippen LogP contribution < -0.4 is 16.0 Å². The van der Waals surface area contributed by atoms with Crippen LogP contribution >= 0.6 is 0 Å². The SMILES string of the molecule is CC(=O)NCCNCC(=O)NC(C)C(C)C. The topological polar surface area (TPSA) is 70.2 Å². The molecule has 0 bridgehead atoms. The third-order valence-electron chi connectivity index (χ3n) is 2.35. The number of hydrogen-bond acceptors (Lipinski definition) is 3. The van der Waals surface area contributed by atoms with Crippen molar-refractivity contribution in [2.75, 3.05) is 19.6 Å². The molecule has 0 aliphatic carbocycles. The lowest BCUT2D eigenvalue weighted by molar-refractivity contribution is -0.121. The van der Waals surface area contributed by atoms with Crippen LogP contribution in [-0.2, 0) is 9.59 Å². The average Bonchev–Trinajstić information content (AvgIpc) is 2.16. The number of amides is 2. The van der Waals surface area contributed by atoms with E-state index in [-0.39, 0.29) is 24.4 Å². The predicted octanol–water partition coefficient (Wildman–Crippen LogP) is -0.127. The standard InChI is InChI=1S/C11H23N3O2/c1-8(2)9(3)14-11(16)7-12-5-6-13-10(4)15/h8-9,12H,5-7H2,1-4H3,(H,13,15)(H,14,16). The van der Waals surface area contributed by atoms with Crippen molar-refractivity contribution in [2.45, 2.75) is 33.7 Å².